The summed E-state index contributed by atoms with van der Waals surface area (Å²) in [7, 11) is 0. The van der Waals surface area contributed by atoms with Crippen molar-refractivity contribution in [2.75, 3.05) is 0 Å². The van der Waals surface area contributed by atoms with Gasteiger partial charge in [-0.2, -0.15) is 13.2 Å². The van der Waals surface area contributed by atoms with Gasteiger partial charge in [0.05, 0.1) is 22.6 Å². The first-order valence-electron chi connectivity index (χ1n) is 11.4. The van der Waals surface area contributed by atoms with Crippen LogP contribution < -0.4 is 5.32 Å². The molecule has 1 aliphatic carbocycles. The van der Waals surface area contributed by atoms with Crippen LogP contribution in [0.25, 0.3) is 10.9 Å². The third-order valence-electron chi connectivity index (χ3n) is 6.76. The van der Waals surface area contributed by atoms with Crippen molar-refractivity contribution >= 4 is 22.8 Å². The van der Waals surface area contributed by atoms with Crippen molar-refractivity contribution in [2.24, 2.45) is 11.3 Å². The first-order chi connectivity index (χ1) is 16.9. The lowest BCUT2D eigenvalue weighted by Crippen LogP contribution is -2.45. The average molecular weight is 500 g/mol. The van der Waals surface area contributed by atoms with Gasteiger partial charge in [0.15, 0.2) is 0 Å². The van der Waals surface area contributed by atoms with Crippen LogP contribution in [0.4, 0.5) is 17.6 Å². The standard InChI is InChI=1S/C27H24F4N2O3/c1-3-26(13-18(14-26)25(35)36)12-16(2)32-24(34)21-8-9-22(28)20-10-11-33(23(20)21)15-17-4-6-19(7-5-17)27(29,30)31/h1,4-11,16,18H,12-15H2,2H3,(H,32,34)(H,35,36). The van der Waals surface area contributed by atoms with Crippen LogP contribution in [0.1, 0.15) is 47.7 Å². The van der Waals surface area contributed by atoms with E-state index in [2.05, 4.69) is 11.2 Å². The Bertz CT molecular complexity index is 1350. The van der Waals surface area contributed by atoms with Gasteiger partial charge in [-0.15, -0.1) is 6.42 Å². The molecule has 1 atom stereocenters. The number of fused-ring (bicyclic) bond motifs is 1. The van der Waals surface area contributed by atoms with Crippen LogP contribution >= 0.6 is 0 Å². The number of carbonyl (C=O) groups excluding carboxylic acids is 1. The second-order valence-corrected chi connectivity index (χ2v) is 9.44. The number of carboxylic acid groups (broad SMARTS) is 1. The largest absolute Gasteiger partial charge is 0.481 e. The van der Waals surface area contributed by atoms with Gasteiger partial charge in [0.2, 0.25) is 0 Å². The molecule has 1 aliphatic rings. The van der Waals surface area contributed by atoms with Crippen molar-refractivity contribution < 1.29 is 32.3 Å². The lowest BCUT2D eigenvalue weighted by Gasteiger charge is -2.43. The number of halogens is 4. The first kappa shape index (κ1) is 25.3. The minimum atomic E-state index is -4.45. The molecule has 188 valence electrons. The third-order valence-corrected chi connectivity index (χ3v) is 6.76. The van der Waals surface area contributed by atoms with Crippen molar-refractivity contribution in [3.05, 3.63) is 71.2 Å². The molecule has 36 heavy (non-hydrogen) atoms. The molecule has 3 aromatic rings. The monoisotopic (exact) mass is 500 g/mol. The smallest absolute Gasteiger partial charge is 0.416 e. The Labute approximate surface area is 205 Å². The first-order valence-corrected chi connectivity index (χ1v) is 11.4. The van der Waals surface area contributed by atoms with E-state index in [0.29, 0.717) is 30.3 Å². The minimum Gasteiger partial charge on any atom is -0.481 e. The van der Waals surface area contributed by atoms with Crippen LogP contribution in [0.2, 0.25) is 0 Å². The molecule has 2 N–H and O–H groups in total. The SMILES string of the molecule is C#CC1(CC(C)NC(=O)c2ccc(F)c3ccn(Cc4ccc(C(F)(F)F)cc4)c23)CC(C(=O)O)C1. The van der Waals surface area contributed by atoms with Gasteiger partial charge >= 0.3 is 12.1 Å². The summed E-state index contributed by atoms with van der Waals surface area (Å²) in [6.45, 7) is 1.91. The van der Waals surface area contributed by atoms with Gasteiger partial charge in [-0.1, -0.05) is 18.1 Å². The second kappa shape index (κ2) is 9.34. The lowest BCUT2D eigenvalue weighted by atomic mass is 9.60. The summed E-state index contributed by atoms with van der Waals surface area (Å²) in [6, 6.07) is 8.35. The zero-order chi connectivity index (χ0) is 26.3. The van der Waals surface area contributed by atoms with Crippen LogP contribution in [0.15, 0.2) is 48.7 Å². The maximum atomic E-state index is 14.5. The highest BCUT2D eigenvalue weighted by atomic mass is 19.4. The number of amides is 1. The van der Waals surface area contributed by atoms with E-state index in [1.165, 1.54) is 30.3 Å². The Hall–Kier alpha value is -3.80. The number of carbonyl (C=O) groups is 2. The average Bonchev–Trinajstić information content (AvgIpc) is 3.20. The quantitative estimate of drug-likeness (QED) is 0.334. The number of hydrogen-bond donors (Lipinski definition) is 2. The Morgan fingerprint density at radius 1 is 1.19 bits per heavy atom. The molecule has 1 amide bonds. The molecule has 0 radical (unpaired) electrons. The summed E-state index contributed by atoms with van der Waals surface area (Å²) in [5, 5.41) is 12.2. The predicted molar refractivity (Wildman–Crippen MR) is 126 cm³/mol. The zero-order valence-corrected chi connectivity index (χ0v) is 19.4. The highest BCUT2D eigenvalue weighted by Crippen LogP contribution is 2.48. The molecule has 9 heteroatoms. The molecule has 0 spiro atoms. The van der Waals surface area contributed by atoms with Gasteiger partial charge in [0, 0.05) is 29.6 Å². The van der Waals surface area contributed by atoms with Crippen molar-refractivity contribution in [1.29, 1.82) is 0 Å². The zero-order valence-electron chi connectivity index (χ0n) is 19.4. The van der Waals surface area contributed by atoms with E-state index in [0.717, 1.165) is 12.1 Å². The van der Waals surface area contributed by atoms with Gasteiger partial charge in [-0.05, 0) is 62.1 Å². The molecular weight excluding hydrogens is 476 g/mol. The maximum absolute atomic E-state index is 14.5. The molecule has 4 rings (SSSR count). The van der Waals surface area contributed by atoms with Crippen LogP contribution in [-0.4, -0.2) is 27.6 Å². The molecule has 2 aromatic carbocycles. The fourth-order valence-corrected chi connectivity index (χ4v) is 4.94. The van der Waals surface area contributed by atoms with Crippen molar-refractivity contribution in [3.8, 4) is 12.3 Å². The molecule has 0 aliphatic heterocycles. The number of aromatic nitrogens is 1. The Balaban J connectivity index is 1.54. The van der Waals surface area contributed by atoms with Crippen LogP contribution in [0, 0.1) is 29.5 Å². The van der Waals surface area contributed by atoms with E-state index < -0.39 is 40.8 Å². The topological polar surface area (TPSA) is 71.3 Å². The van der Waals surface area contributed by atoms with Crippen molar-refractivity contribution in [2.45, 2.75) is 44.9 Å². The highest BCUT2D eigenvalue weighted by molar-refractivity contribution is 6.06. The second-order valence-electron chi connectivity index (χ2n) is 9.44. The number of rotatable bonds is 7. The maximum Gasteiger partial charge on any atom is 0.416 e. The van der Waals surface area contributed by atoms with E-state index in [1.807, 2.05) is 0 Å². The number of benzene rings is 2. The number of terminal acetylenes is 1. The predicted octanol–water partition coefficient (Wildman–Crippen LogP) is 5.47. The Kier molecular flexibility index (Phi) is 6.56. The number of carboxylic acids is 1. The molecule has 1 aromatic heterocycles. The number of hydrogen-bond acceptors (Lipinski definition) is 2. The molecular formula is C27H24F4N2O3. The fraction of sp³-hybridized carbons (Fsp3) is 0.333. The van der Waals surface area contributed by atoms with Gasteiger partial charge in [-0.25, -0.2) is 4.39 Å². The van der Waals surface area contributed by atoms with E-state index >= 15 is 0 Å². The number of nitrogens with zero attached hydrogens (tertiary/aromatic N) is 1. The van der Waals surface area contributed by atoms with Crippen LogP contribution in [0.5, 0.6) is 0 Å². The van der Waals surface area contributed by atoms with Gasteiger partial charge in [-0.3, -0.25) is 9.59 Å². The summed E-state index contributed by atoms with van der Waals surface area (Å²) < 4.78 is 54.8. The molecule has 1 saturated carbocycles. The van der Waals surface area contributed by atoms with E-state index in [1.54, 1.807) is 17.7 Å². The van der Waals surface area contributed by atoms with Gasteiger partial charge < -0.3 is 15.0 Å². The lowest BCUT2D eigenvalue weighted by molar-refractivity contribution is -0.148. The summed E-state index contributed by atoms with van der Waals surface area (Å²) >= 11 is 0. The van der Waals surface area contributed by atoms with Crippen molar-refractivity contribution in [1.82, 2.24) is 9.88 Å². The summed E-state index contributed by atoms with van der Waals surface area (Å²) in [5.41, 5.74) is -0.285. The van der Waals surface area contributed by atoms with Gasteiger partial charge in [0.1, 0.15) is 5.82 Å². The van der Waals surface area contributed by atoms with E-state index in [4.69, 9.17) is 11.5 Å². The highest BCUT2D eigenvalue weighted by Gasteiger charge is 2.47. The molecule has 5 nitrogen and oxygen atoms in total. The summed E-state index contributed by atoms with van der Waals surface area (Å²) in [6.07, 6.45) is 3.88. The van der Waals surface area contributed by atoms with E-state index in [9.17, 15) is 27.2 Å². The fourth-order valence-electron chi connectivity index (χ4n) is 4.94. The minimum absolute atomic E-state index is 0.137. The number of aliphatic carboxylic acids is 1. The molecule has 1 heterocycles. The number of nitrogens with one attached hydrogen (secondary N) is 1. The molecule has 1 fully saturated rings. The molecule has 1 unspecified atom stereocenters. The Morgan fingerprint density at radius 2 is 1.86 bits per heavy atom. The summed E-state index contributed by atoms with van der Waals surface area (Å²) in [4.78, 5) is 24.3. The van der Waals surface area contributed by atoms with Crippen LogP contribution in [0.3, 0.4) is 0 Å². The molecule has 0 bridgehead atoms. The summed E-state index contributed by atoms with van der Waals surface area (Å²) in [5.74, 6) is 0.323. The normalized spacial score (nSPS) is 20.4. The van der Waals surface area contributed by atoms with Crippen LogP contribution in [-0.2, 0) is 17.5 Å². The third kappa shape index (κ3) is 4.94. The van der Waals surface area contributed by atoms with Gasteiger partial charge in [0.25, 0.3) is 5.91 Å². The molecule has 0 saturated heterocycles. The van der Waals surface area contributed by atoms with E-state index in [-0.39, 0.29) is 23.5 Å². The van der Waals surface area contributed by atoms with Crippen molar-refractivity contribution in [3.63, 3.8) is 0 Å². The number of alkyl halides is 3. The Morgan fingerprint density at radius 3 is 2.44 bits per heavy atom.